The van der Waals surface area contributed by atoms with Crippen LogP contribution in [0.2, 0.25) is 10.0 Å². The quantitative estimate of drug-likeness (QED) is 0.213. The van der Waals surface area contributed by atoms with E-state index < -0.39 is 0 Å². The molecule has 3 aromatic heterocycles. The Balaban J connectivity index is 1.32. The van der Waals surface area contributed by atoms with Gasteiger partial charge in [0.1, 0.15) is 5.82 Å². The summed E-state index contributed by atoms with van der Waals surface area (Å²) in [6, 6.07) is 11.8. The van der Waals surface area contributed by atoms with Crippen LogP contribution in [0.15, 0.2) is 36.4 Å². The molecule has 0 saturated carbocycles. The molecule has 6 rings (SSSR count). The second-order valence-corrected chi connectivity index (χ2v) is 13.2. The molecular weight excluding hydrogens is 595 g/mol. The Morgan fingerprint density at radius 3 is 2.52 bits per heavy atom. The number of hydrogen-bond donors (Lipinski definition) is 1. The zero-order valence-electron chi connectivity index (χ0n) is 25.6. The largest absolute Gasteiger partial charge is 0.383 e. The number of rotatable bonds is 8. The van der Waals surface area contributed by atoms with Crippen molar-refractivity contribution >= 4 is 46.4 Å². The van der Waals surface area contributed by atoms with Crippen molar-refractivity contribution in [2.45, 2.75) is 71.3 Å². The topological polar surface area (TPSA) is 106 Å². The lowest BCUT2D eigenvalue weighted by Gasteiger charge is -2.34. The minimum atomic E-state index is 0.0128. The Labute approximate surface area is 268 Å². The first-order chi connectivity index (χ1) is 21.2. The van der Waals surface area contributed by atoms with Gasteiger partial charge in [-0.3, -0.25) is 4.79 Å². The Kier molecular flexibility index (Phi) is 9.08. The number of piperidine rings is 2. The third-order valence-corrected chi connectivity index (χ3v) is 9.61. The van der Waals surface area contributed by atoms with Gasteiger partial charge in [-0.05, 0) is 95.3 Å². The van der Waals surface area contributed by atoms with Gasteiger partial charge in [0.25, 0.3) is 0 Å². The van der Waals surface area contributed by atoms with E-state index in [-0.39, 0.29) is 5.78 Å². The third kappa shape index (κ3) is 6.41. The molecule has 0 spiro atoms. The number of nitrogens with two attached hydrogens (primary N) is 1. The summed E-state index contributed by atoms with van der Waals surface area (Å²) >= 11 is 12.9. The molecule has 2 saturated heterocycles. The van der Waals surface area contributed by atoms with Crippen molar-refractivity contribution in [2.24, 2.45) is 5.92 Å². The molecule has 2 aliphatic heterocycles. The maximum atomic E-state index is 12.2. The molecule has 1 atom stereocenters. The van der Waals surface area contributed by atoms with Gasteiger partial charge in [0.2, 0.25) is 5.95 Å². The summed E-state index contributed by atoms with van der Waals surface area (Å²) in [6.07, 6.45) is 5.33. The number of anilines is 2. The van der Waals surface area contributed by atoms with Gasteiger partial charge in [0.15, 0.2) is 17.3 Å². The SMILES string of the molecule is CCC(=O)c1ccc(CC2CCCN(c3nc(-c4ccc(Cl)cc4Cl)cc4nc(C5CCN(C(C)C)CC5)nn34)C2)nc1N. The highest BCUT2D eigenvalue weighted by atomic mass is 35.5. The Hall–Kier alpha value is -3.27. The summed E-state index contributed by atoms with van der Waals surface area (Å²) < 4.78 is 1.92. The summed E-state index contributed by atoms with van der Waals surface area (Å²) in [5.41, 5.74) is 9.90. The first-order valence-corrected chi connectivity index (χ1v) is 16.5. The van der Waals surface area contributed by atoms with Gasteiger partial charge in [-0.2, -0.15) is 4.52 Å². The average molecular weight is 636 g/mol. The highest BCUT2D eigenvalue weighted by molar-refractivity contribution is 6.36. The number of halogens is 2. The van der Waals surface area contributed by atoms with Gasteiger partial charge in [-0.15, -0.1) is 5.10 Å². The van der Waals surface area contributed by atoms with Crippen LogP contribution in [-0.2, 0) is 6.42 Å². The lowest BCUT2D eigenvalue weighted by molar-refractivity contribution is 0.0988. The minimum absolute atomic E-state index is 0.0128. The maximum Gasteiger partial charge on any atom is 0.229 e. The second-order valence-electron chi connectivity index (χ2n) is 12.4. The normalized spacial score (nSPS) is 18.4. The molecule has 4 aromatic rings. The van der Waals surface area contributed by atoms with Gasteiger partial charge in [-0.1, -0.05) is 30.1 Å². The number of ketones is 1. The number of nitrogens with zero attached hydrogens (tertiary/aromatic N) is 7. The van der Waals surface area contributed by atoms with E-state index in [1.165, 1.54) is 0 Å². The molecule has 1 aromatic carbocycles. The molecule has 44 heavy (non-hydrogen) atoms. The van der Waals surface area contributed by atoms with Crippen LogP contribution in [0.4, 0.5) is 11.8 Å². The second kappa shape index (κ2) is 13.0. The molecule has 11 heteroatoms. The Bertz CT molecular complexity index is 1660. The third-order valence-electron chi connectivity index (χ3n) is 9.06. The van der Waals surface area contributed by atoms with Gasteiger partial charge in [0.05, 0.1) is 16.3 Å². The highest BCUT2D eigenvalue weighted by Crippen LogP contribution is 2.34. The van der Waals surface area contributed by atoms with E-state index in [1.807, 2.05) is 41.8 Å². The molecule has 2 fully saturated rings. The summed E-state index contributed by atoms with van der Waals surface area (Å²) in [5.74, 6) is 2.62. The Morgan fingerprint density at radius 1 is 1.02 bits per heavy atom. The first-order valence-electron chi connectivity index (χ1n) is 15.7. The molecular formula is C33H40Cl2N8O. The molecule has 2 aliphatic rings. The summed E-state index contributed by atoms with van der Waals surface area (Å²) in [6.45, 7) is 10.1. The summed E-state index contributed by atoms with van der Waals surface area (Å²) in [5, 5.41) is 6.20. The number of nitrogen functional groups attached to an aromatic ring is 1. The van der Waals surface area contributed by atoms with Gasteiger partial charge in [-0.25, -0.2) is 15.0 Å². The smallest absolute Gasteiger partial charge is 0.229 e. The van der Waals surface area contributed by atoms with Gasteiger partial charge >= 0.3 is 0 Å². The van der Waals surface area contributed by atoms with Gasteiger partial charge in [0, 0.05) is 53.8 Å². The number of pyridine rings is 1. The van der Waals surface area contributed by atoms with E-state index in [0.717, 1.165) is 92.7 Å². The van der Waals surface area contributed by atoms with Crippen molar-refractivity contribution in [3.05, 3.63) is 63.5 Å². The van der Waals surface area contributed by atoms with Gasteiger partial charge < -0.3 is 15.5 Å². The van der Waals surface area contributed by atoms with Crippen LogP contribution in [-0.4, -0.2) is 67.5 Å². The molecule has 0 radical (unpaired) electrons. The standard InChI is InChI=1S/C33H40Cl2N8O/c1-4-29(44)26-10-8-24(37-31(26)36)16-21-6-5-13-42(19-21)33-38-28(25-9-7-23(34)17-27(25)35)18-30-39-32(40-43(30)33)22-11-14-41(15-12-22)20(2)3/h7-10,17-18,20-22H,4-6,11-16,19H2,1-3H3,(H2,36,37). The van der Waals surface area contributed by atoms with Crippen molar-refractivity contribution in [1.82, 2.24) is 29.5 Å². The first kappa shape index (κ1) is 30.7. The summed E-state index contributed by atoms with van der Waals surface area (Å²) in [4.78, 5) is 31.8. The number of fused-ring (bicyclic) bond motifs is 1. The monoisotopic (exact) mass is 634 g/mol. The van der Waals surface area contributed by atoms with E-state index >= 15 is 0 Å². The molecule has 0 aliphatic carbocycles. The van der Waals surface area contributed by atoms with Crippen molar-refractivity contribution in [1.29, 1.82) is 0 Å². The van der Waals surface area contributed by atoms with Crippen LogP contribution in [0, 0.1) is 5.92 Å². The Morgan fingerprint density at radius 2 is 1.82 bits per heavy atom. The zero-order valence-corrected chi connectivity index (χ0v) is 27.2. The van der Waals surface area contributed by atoms with Crippen molar-refractivity contribution in [3.8, 4) is 11.3 Å². The van der Waals surface area contributed by atoms with E-state index in [0.29, 0.717) is 45.7 Å². The van der Waals surface area contributed by atoms with E-state index in [9.17, 15) is 4.79 Å². The molecule has 1 unspecified atom stereocenters. The fourth-order valence-electron chi connectivity index (χ4n) is 6.54. The number of hydrogen-bond acceptors (Lipinski definition) is 8. The molecule has 232 valence electrons. The maximum absolute atomic E-state index is 12.2. The number of benzene rings is 1. The van der Waals surface area contributed by atoms with Crippen molar-refractivity contribution < 1.29 is 4.79 Å². The highest BCUT2D eigenvalue weighted by Gasteiger charge is 2.29. The van der Waals surface area contributed by atoms with Crippen LogP contribution in [0.5, 0.6) is 0 Å². The van der Waals surface area contributed by atoms with E-state index in [4.69, 9.17) is 44.0 Å². The predicted molar refractivity (Wildman–Crippen MR) is 177 cm³/mol. The van der Waals surface area contributed by atoms with E-state index in [2.05, 4.69) is 28.6 Å². The summed E-state index contributed by atoms with van der Waals surface area (Å²) in [7, 11) is 0. The predicted octanol–water partition coefficient (Wildman–Crippen LogP) is 6.71. The average Bonchev–Trinajstić information content (AvgIpc) is 3.45. The van der Waals surface area contributed by atoms with Crippen molar-refractivity contribution in [3.63, 3.8) is 0 Å². The molecule has 0 amide bonds. The zero-order chi connectivity index (χ0) is 31.0. The van der Waals surface area contributed by atoms with Crippen LogP contribution in [0.25, 0.3) is 16.9 Å². The number of carbonyl (C=O) groups excluding carboxylic acids is 1. The van der Waals surface area contributed by atoms with Crippen LogP contribution in [0.3, 0.4) is 0 Å². The molecule has 0 bridgehead atoms. The number of carbonyl (C=O) groups is 1. The number of likely N-dealkylation sites (tertiary alicyclic amines) is 1. The van der Waals surface area contributed by atoms with Crippen molar-refractivity contribution in [2.75, 3.05) is 36.8 Å². The number of aromatic nitrogens is 5. The molecule has 2 N–H and O–H groups in total. The molecule has 5 heterocycles. The van der Waals surface area contributed by atoms with E-state index in [1.54, 1.807) is 6.07 Å². The number of Topliss-reactive ketones (excluding diaryl/α,β-unsaturated/α-hetero) is 1. The van der Waals surface area contributed by atoms with Crippen LogP contribution in [0.1, 0.15) is 80.7 Å². The fraction of sp³-hybridized carbons (Fsp3) is 0.485. The molecule has 9 nitrogen and oxygen atoms in total. The van der Waals surface area contributed by atoms with Crippen LogP contribution >= 0.6 is 23.2 Å². The minimum Gasteiger partial charge on any atom is -0.383 e. The fourth-order valence-corrected chi connectivity index (χ4v) is 7.05. The lowest BCUT2D eigenvalue weighted by Crippen LogP contribution is -2.38. The van der Waals surface area contributed by atoms with Crippen LogP contribution < -0.4 is 10.6 Å². The lowest BCUT2D eigenvalue weighted by atomic mass is 9.93.